The predicted octanol–water partition coefficient (Wildman–Crippen LogP) is 1.87. The number of carbonyl (C=O) groups excluding carboxylic acids is 2. The summed E-state index contributed by atoms with van der Waals surface area (Å²) in [5, 5.41) is 2.68. The van der Waals surface area contributed by atoms with Crippen molar-refractivity contribution in [1.29, 1.82) is 0 Å². The lowest BCUT2D eigenvalue weighted by molar-refractivity contribution is -0.136. The van der Waals surface area contributed by atoms with Gasteiger partial charge in [0, 0.05) is 12.6 Å². The van der Waals surface area contributed by atoms with Crippen LogP contribution in [0.2, 0.25) is 0 Å². The highest BCUT2D eigenvalue weighted by atomic mass is 16.5. The van der Waals surface area contributed by atoms with Crippen LogP contribution in [0.3, 0.4) is 0 Å². The molecule has 0 aromatic rings. The van der Waals surface area contributed by atoms with Gasteiger partial charge >= 0.3 is 6.09 Å². The van der Waals surface area contributed by atoms with Gasteiger partial charge in [0.05, 0.1) is 7.11 Å². The lowest BCUT2D eigenvalue weighted by Gasteiger charge is -2.34. The zero-order valence-corrected chi connectivity index (χ0v) is 13.1. The highest BCUT2D eigenvalue weighted by Gasteiger charge is 2.55. The van der Waals surface area contributed by atoms with E-state index in [1.54, 1.807) is 0 Å². The number of fused-ring (bicyclic) bond motifs is 1. The second kappa shape index (κ2) is 5.62. The maximum Gasteiger partial charge on any atom is 0.407 e. The SMILES string of the molecule is COC(=O)N[C@H](C(=O)N1C[C@@H]2C[C@@H]2[C@H]1C(C)C)C(C)C. The highest BCUT2D eigenvalue weighted by molar-refractivity contribution is 5.86. The van der Waals surface area contributed by atoms with Gasteiger partial charge in [0.25, 0.3) is 0 Å². The molecule has 5 heteroatoms. The molecule has 1 heterocycles. The summed E-state index contributed by atoms with van der Waals surface area (Å²) in [6.07, 6.45) is 0.714. The molecule has 2 rings (SSSR count). The molecule has 0 aromatic heterocycles. The Kier molecular flexibility index (Phi) is 4.25. The lowest BCUT2D eigenvalue weighted by Crippen LogP contribution is -2.54. The second-order valence-electron chi connectivity index (χ2n) is 6.74. The highest BCUT2D eigenvalue weighted by Crippen LogP contribution is 2.51. The smallest absolute Gasteiger partial charge is 0.407 e. The molecule has 1 aliphatic heterocycles. The number of nitrogens with one attached hydrogen (secondary N) is 1. The Morgan fingerprint density at radius 1 is 1.25 bits per heavy atom. The van der Waals surface area contributed by atoms with Gasteiger partial charge in [-0.1, -0.05) is 27.7 Å². The van der Waals surface area contributed by atoms with Crippen LogP contribution in [-0.2, 0) is 9.53 Å². The zero-order valence-electron chi connectivity index (χ0n) is 13.1. The maximum absolute atomic E-state index is 12.8. The fourth-order valence-electron chi connectivity index (χ4n) is 3.47. The van der Waals surface area contributed by atoms with Crippen molar-refractivity contribution in [3.63, 3.8) is 0 Å². The number of carbonyl (C=O) groups is 2. The summed E-state index contributed by atoms with van der Waals surface area (Å²) >= 11 is 0. The van der Waals surface area contributed by atoms with Crippen LogP contribution in [0.5, 0.6) is 0 Å². The van der Waals surface area contributed by atoms with Crippen molar-refractivity contribution in [3.8, 4) is 0 Å². The summed E-state index contributed by atoms with van der Waals surface area (Å²) < 4.78 is 4.63. The van der Waals surface area contributed by atoms with Crippen LogP contribution in [0.15, 0.2) is 0 Å². The van der Waals surface area contributed by atoms with Crippen LogP contribution in [0.4, 0.5) is 4.79 Å². The number of hydrogen-bond donors (Lipinski definition) is 1. The minimum absolute atomic E-state index is 0.0382. The first-order valence-electron chi connectivity index (χ1n) is 7.51. The van der Waals surface area contributed by atoms with Gasteiger partial charge in [0.2, 0.25) is 5.91 Å². The molecule has 20 heavy (non-hydrogen) atoms. The molecule has 4 atom stereocenters. The Bertz CT molecular complexity index is 395. The Labute approximate surface area is 121 Å². The number of nitrogens with zero attached hydrogens (tertiary/aromatic N) is 1. The molecule has 0 radical (unpaired) electrons. The normalized spacial score (nSPS) is 29.4. The third-order valence-electron chi connectivity index (χ3n) is 4.56. The van der Waals surface area contributed by atoms with Crippen LogP contribution >= 0.6 is 0 Å². The Morgan fingerprint density at radius 3 is 2.40 bits per heavy atom. The van der Waals surface area contributed by atoms with E-state index in [-0.39, 0.29) is 11.8 Å². The van der Waals surface area contributed by atoms with Gasteiger partial charge in [-0.05, 0) is 30.1 Å². The number of hydrogen-bond acceptors (Lipinski definition) is 3. The van der Waals surface area contributed by atoms with E-state index in [0.29, 0.717) is 23.8 Å². The first-order valence-corrected chi connectivity index (χ1v) is 7.51. The van der Waals surface area contributed by atoms with Gasteiger partial charge in [-0.15, -0.1) is 0 Å². The molecule has 0 unspecified atom stereocenters. The second-order valence-corrected chi connectivity index (χ2v) is 6.74. The number of alkyl carbamates (subject to hydrolysis) is 1. The predicted molar refractivity (Wildman–Crippen MR) is 76.1 cm³/mol. The zero-order chi connectivity index (χ0) is 15.0. The molecule has 0 aromatic carbocycles. The quantitative estimate of drug-likeness (QED) is 0.856. The van der Waals surface area contributed by atoms with E-state index in [1.807, 2.05) is 18.7 Å². The molecule has 2 amide bonds. The number of rotatable bonds is 4. The van der Waals surface area contributed by atoms with E-state index in [2.05, 4.69) is 23.9 Å². The average molecular weight is 282 g/mol. The van der Waals surface area contributed by atoms with Crippen molar-refractivity contribution in [2.75, 3.05) is 13.7 Å². The lowest BCUT2D eigenvalue weighted by atomic mass is 9.97. The molecular formula is C15H26N2O3. The number of methoxy groups -OCH3 is 1. The fourth-order valence-corrected chi connectivity index (χ4v) is 3.47. The van der Waals surface area contributed by atoms with Crippen LogP contribution in [0.1, 0.15) is 34.1 Å². The molecule has 2 fully saturated rings. The van der Waals surface area contributed by atoms with Crippen LogP contribution < -0.4 is 5.32 Å². The Hall–Kier alpha value is -1.26. The molecule has 0 spiro atoms. The van der Waals surface area contributed by atoms with Crippen molar-refractivity contribution in [2.45, 2.75) is 46.2 Å². The number of amides is 2. The van der Waals surface area contributed by atoms with E-state index < -0.39 is 12.1 Å². The molecule has 1 saturated heterocycles. The number of likely N-dealkylation sites (tertiary alicyclic amines) is 1. The van der Waals surface area contributed by atoms with Gasteiger partial charge in [-0.2, -0.15) is 0 Å². The molecule has 1 saturated carbocycles. The third kappa shape index (κ3) is 2.76. The average Bonchev–Trinajstić information content (AvgIpc) is 3.04. The minimum Gasteiger partial charge on any atom is -0.453 e. The third-order valence-corrected chi connectivity index (χ3v) is 4.56. The molecule has 1 aliphatic carbocycles. The molecule has 1 N–H and O–H groups in total. The van der Waals surface area contributed by atoms with E-state index in [1.165, 1.54) is 13.5 Å². The minimum atomic E-state index is -0.539. The van der Waals surface area contributed by atoms with Gasteiger partial charge in [-0.25, -0.2) is 4.79 Å². The summed E-state index contributed by atoms with van der Waals surface area (Å²) in [5.74, 6) is 1.90. The van der Waals surface area contributed by atoms with Crippen molar-refractivity contribution in [1.82, 2.24) is 10.2 Å². The molecule has 5 nitrogen and oxygen atoms in total. The van der Waals surface area contributed by atoms with Crippen LogP contribution in [-0.4, -0.2) is 42.6 Å². The summed E-state index contributed by atoms with van der Waals surface area (Å²) in [6.45, 7) is 9.07. The summed E-state index contributed by atoms with van der Waals surface area (Å²) in [4.78, 5) is 26.2. The first kappa shape index (κ1) is 15.1. The maximum atomic E-state index is 12.8. The molecule has 114 valence electrons. The van der Waals surface area contributed by atoms with Crippen molar-refractivity contribution < 1.29 is 14.3 Å². The van der Waals surface area contributed by atoms with Crippen molar-refractivity contribution in [2.24, 2.45) is 23.7 Å². The Balaban J connectivity index is 2.09. The van der Waals surface area contributed by atoms with Gasteiger partial charge in [0.15, 0.2) is 0 Å². The molecular weight excluding hydrogens is 256 g/mol. The summed E-state index contributed by atoms with van der Waals surface area (Å²) in [7, 11) is 1.32. The van der Waals surface area contributed by atoms with Crippen LogP contribution in [0, 0.1) is 23.7 Å². The van der Waals surface area contributed by atoms with E-state index in [0.717, 1.165) is 6.54 Å². The van der Waals surface area contributed by atoms with Gasteiger partial charge in [-0.3, -0.25) is 4.79 Å². The summed E-state index contributed by atoms with van der Waals surface area (Å²) in [6, 6.07) is -0.172. The number of piperidine rings is 1. The van der Waals surface area contributed by atoms with Crippen molar-refractivity contribution >= 4 is 12.0 Å². The largest absolute Gasteiger partial charge is 0.453 e. The molecule has 0 bridgehead atoms. The van der Waals surface area contributed by atoms with Gasteiger partial charge in [0.1, 0.15) is 6.04 Å². The fraction of sp³-hybridized carbons (Fsp3) is 0.867. The topological polar surface area (TPSA) is 58.6 Å². The first-order chi connectivity index (χ1) is 9.36. The summed E-state index contributed by atoms with van der Waals surface area (Å²) in [5.41, 5.74) is 0. The number of ether oxygens (including phenoxy) is 1. The Morgan fingerprint density at radius 2 is 1.90 bits per heavy atom. The van der Waals surface area contributed by atoms with Crippen LogP contribution in [0.25, 0.3) is 0 Å². The monoisotopic (exact) mass is 282 g/mol. The van der Waals surface area contributed by atoms with E-state index in [4.69, 9.17) is 0 Å². The standard InChI is InChI=1S/C15H26N2O3/c1-8(2)12(16-15(19)20-5)14(18)17-7-10-6-11(10)13(17)9(3)4/h8-13H,6-7H2,1-5H3,(H,16,19)/t10-,11-,12-,13+/m0/s1. The van der Waals surface area contributed by atoms with E-state index >= 15 is 0 Å². The van der Waals surface area contributed by atoms with Gasteiger partial charge < -0.3 is 15.0 Å². The van der Waals surface area contributed by atoms with Crippen molar-refractivity contribution in [3.05, 3.63) is 0 Å². The van der Waals surface area contributed by atoms with E-state index in [9.17, 15) is 9.59 Å². The molecule has 2 aliphatic rings.